The Bertz CT molecular complexity index is 654. The van der Waals surface area contributed by atoms with E-state index in [0.717, 1.165) is 11.1 Å². The van der Waals surface area contributed by atoms with Crippen LogP contribution in [0.25, 0.3) is 11.6 Å². The van der Waals surface area contributed by atoms with E-state index in [4.69, 9.17) is 4.74 Å². The molecule has 0 aliphatic carbocycles. The SMILES string of the molecule is CCOc1ccccc1/C=C(/C(=O)O)c1ccc(C)cc1. The van der Waals surface area contributed by atoms with Crippen LogP contribution in [0.2, 0.25) is 0 Å². The lowest BCUT2D eigenvalue weighted by Gasteiger charge is -2.08. The summed E-state index contributed by atoms with van der Waals surface area (Å²) >= 11 is 0. The molecule has 0 saturated heterocycles. The molecule has 2 aromatic rings. The van der Waals surface area contributed by atoms with E-state index in [-0.39, 0.29) is 5.57 Å². The van der Waals surface area contributed by atoms with Crippen LogP contribution in [0.3, 0.4) is 0 Å². The van der Waals surface area contributed by atoms with Crippen molar-refractivity contribution in [2.75, 3.05) is 6.61 Å². The standard InChI is InChI=1S/C18H18O3/c1-3-21-17-7-5-4-6-15(17)12-16(18(19)20)14-10-8-13(2)9-11-14/h4-12H,3H2,1-2H3,(H,19,20)/b16-12+. The summed E-state index contributed by atoms with van der Waals surface area (Å²) in [7, 11) is 0. The molecule has 0 saturated carbocycles. The van der Waals surface area contributed by atoms with Gasteiger partial charge < -0.3 is 9.84 Å². The van der Waals surface area contributed by atoms with E-state index in [0.29, 0.717) is 17.9 Å². The van der Waals surface area contributed by atoms with Crippen molar-refractivity contribution in [3.63, 3.8) is 0 Å². The van der Waals surface area contributed by atoms with Gasteiger partial charge in [0.2, 0.25) is 0 Å². The summed E-state index contributed by atoms with van der Waals surface area (Å²) in [5.74, 6) is -0.268. The largest absolute Gasteiger partial charge is 0.493 e. The number of carbonyl (C=O) groups is 1. The molecule has 21 heavy (non-hydrogen) atoms. The van der Waals surface area contributed by atoms with Crippen molar-refractivity contribution < 1.29 is 14.6 Å². The van der Waals surface area contributed by atoms with Crippen LogP contribution in [0.15, 0.2) is 48.5 Å². The van der Waals surface area contributed by atoms with Gasteiger partial charge in [-0.15, -0.1) is 0 Å². The Morgan fingerprint density at radius 1 is 1.14 bits per heavy atom. The average molecular weight is 282 g/mol. The molecule has 1 N–H and O–H groups in total. The van der Waals surface area contributed by atoms with Gasteiger partial charge in [-0.3, -0.25) is 0 Å². The highest BCUT2D eigenvalue weighted by Gasteiger charge is 2.11. The highest BCUT2D eigenvalue weighted by atomic mass is 16.5. The number of rotatable bonds is 5. The lowest BCUT2D eigenvalue weighted by atomic mass is 10.0. The first-order chi connectivity index (χ1) is 10.1. The van der Waals surface area contributed by atoms with Gasteiger partial charge in [0.05, 0.1) is 12.2 Å². The molecule has 0 bridgehead atoms. The van der Waals surface area contributed by atoms with Gasteiger partial charge >= 0.3 is 5.97 Å². The first-order valence-electron chi connectivity index (χ1n) is 6.85. The van der Waals surface area contributed by atoms with Gasteiger partial charge in [-0.05, 0) is 31.6 Å². The Morgan fingerprint density at radius 2 is 1.81 bits per heavy atom. The molecule has 0 heterocycles. The zero-order valence-corrected chi connectivity index (χ0v) is 12.2. The van der Waals surface area contributed by atoms with E-state index in [1.165, 1.54) is 0 Å². The number of benzene rings is 2. The Labute approximate surface area is 124 Å². The Balaban J connectivity index is 2.47. The van der Waals surface area contributed by atoms with E-state index in [2.05, 4.69) is 0 Å². The van der Waals surface area contributed by atoms with E-state index < -0.39 is 5.97 Å². The molecule has 3 heteroatoms. The second-order valence-corrected chi connectivity index (χ2v) is 4.70. The molecule has 2 rings (SSSR count). The molecule has 0 spiro atoms. The third-order valence-corrected chi connectivity index (χ3v) is 3.11. The van der Waals surface area contributed by atoms with Gasteiger partial charge in [0, 0.05) is 5.56 Å². The van der Waals surface area contributed by atoms with Gasteiger partial charge in [-0.1, -0.05) is 48.0 Å². The van der Waals surface area contributed by atoms with Crippen LogP contribution in [0.1, 0.15) is 23.6 Å². The maximum absolute atomic E-state index is 11.5. The second-order valence-electron chi connectivity index (χ2n) is 4.70. The van der Waals surface area contributed by atoms with Crippen molar-refractivity contribution in [3.8, 4) is 5.75 Å². The van der Waals surface area contributed by atoms with Gasteiger partial charge in [-0.2, -0.15) is 0 Å². The van der Waals surface area contributed by atoms with Crippen LogP contribution in [-0.4, -0.2) is 17.7 Å². The Morgan fingerprint density at radius 3 is 2.43 bits per heavy atom. The minimum atomic E-state index is -0.954. The maximum Gasteiger partial charge on any atom is 0.336 e. The maximum atomic E-state index is 11.5. The van der Waals surface area contributed by atoms with Crippen molar-refractivity contribution in [1.82, 2.24) is 0 Å². The second kappa shape index (κ2) is 6.75. The predicted molar refractivity (Wildman–Crippen MR) is 84.3 cm³/mol. The molecule has 0 atom stereocenters. The molecule has 0 aliphatic heterocycles. The quantitative estimate of drug-likeness (QED) is 0.665. The van der Waals surface area contributed by atoms with E-state index in [1.807, 2.05) is 62.4 Å². The van der Waals surface area contributed by atoms with Crippen molar-refractivity contribution in [2.24, 2.45) is 0 Å². The number of aryl methyl sites for hydroxylation is 1. The highest BCUT2D eigenvalue weighted by molar-refractivity contribution is 6.20. The minimum Gasteiger partial charge on any atom is -0.493 e. The van der Waals surface area contributed by atoms with Crippen LogP contribution in [-0.2, 0) is 4.79 Å². The first-order valence-corrected chi connectivity index (χ1v) is 6.85. The van der Waals surface area contributed by atoms with Crippen molar-refractivity contribution in [1.29, 1.82) is 0 Å². The average Bonchev–Trinajstić information content (AvgIpc) is 2.47. The summed E-state index contributed by atoms with van der Waals surface area (Å²) < 4.78 is 5.54. The molecular weight excluding hydrogens is 264 g/mol. The van der Waals surface area contributed by atoms with E-state index in [9.17, 15) is 9.90 Å². The first kappa shape index (κ1) is 14.9. The molecular formula is C18H18O3. The van der Waals surface area contributed by atoms with E-state index >= 15 is 0 Å². The normalized spacial score (nSPS) is 11.2. The fourth-order valence-electron chi connectivity index (χ4n) is 2.04. The predicted octanol–water partition coefficient (Wildman–Crippen LogP) is 4.02. The lowest BCUT2D eigenvalue weighted by Crippen LogP contribution is -2.00. The fourth-order valence-corrected chi connectivity index (χ4v) is 2.04. The number of para-hydroxylation sites is 1. The number of carboxylic acid groups (broad SMARTS) is 1. The highest BCUT2D eigenvalue weighted by Crippen LogP contribution is 2.25. The minimum absolute atomic E-state index is 0.252. The van der Waals surface area contributed by atoms with Gasteiger partial charge in [-0.25, -0.2) is 4.79 Å². The molecule has 3 nitrogen and oxygen atoms in total. The molecule has 2 aromatic carbocycles. The summed E-state index contributed by atoms with van der Waals surface area (Å²) in [4.78, 5) is 11.5. The number of ether oxygens (including phenoxy) is 1. The Kier molecular flexibility index (Phi) is 4.77. The number of aliphatic carboxylic acids is 1. The smallest absolute Gasteiger partial charge is 0.336 e. The molecule has 0 fully saturated rings. The van der Waals surface area contributed by atoms with Crippen molar-refractivity contribution in [3.05, 3.63) is 65.2 Å². The summed E-state index contributed by atoms with van der Waals surface area (Å²) in [6.07, 6.45) is 1.65. The monoisotopic (exact) mass is 282 g/mol. The van der Waals surface area contributed by atoms with Crippen LogP contribution < -0.4 is 4.74 Å². The van der Waals surface area contributed by atoms with Gasteiger partial charge in [0.25, 0.3) is 0 Å². The van der Waals surface area contributed by atoms with Gasteiger partial charge in [0.15, 0.2) is 0 Å². The number of hydrogen-bond acceptors (Lipinski definition) is 2. The summed E-state index contributed by atoms with van der Waals surface area (Å²) in [6, 6.07) is 14.9. The Hall–Kier alpha value is -2.55. The van der Waals surface area contributed by atoms with Crippen LogP contribution >= 0.6 is 0 Å². The lowest BCUT2D eigenvalue weighted by molar-refractivity contribution is -0.130. The van der Waals surface area contributed by atoms with Gasteiger partial charge in [0.1, 0.15) is 5.75 Å². The molecule has 0 aliphatic rings. The van der Waals surface area contributed by atoms with Crippen molar-refractivity contribution >= 4 is 17.6 Å². The summed E-state index contributed by atoms with van der Waals surface area (Å²) in [5, 5.41) is 9.47. The third-order valence-electron chi connectivity index (χ3n) is 3.11. The van der Waals surface area contributed by atoms with Crippen LogP contribution in [0.4, 0.5) is 0 Å². The number of carboxylic acids is 1. The summed E-state index contributed by atoms with van der Waals surface area (Å²) in [6.45, 7) is 4.41. The zero-order chi connectivity index (χ0) is 15.2. The van der Waals surface area contributed by atoms with Crippen LogP contribution in [0, 0.1) is 6.92 Å². The molecule has 0 radical (unpaired) electrons. The molecule has 0 amide bonds. The zero-order valence-electron chi connectivity index (χ0n) is 12.2. The van der Waals surface area contributed by atoms with Crippen LogP contribution in [0.5, 0.6) is 5.75 Å². The molecule has 0 aromatic heterocycles. The van der Waals surface area contributed by atoms with E-state index in [1.54, 1.807) is 6.08 Å². The third kappa shape index (κ3) is 3.72. The topological polar surface area (TPSA) is 46.5 Å². The fraction of sp³-hybridized carbons (Fsp3) is 0.167. The summed E-state index contributed by atoms with van der Waals surface area (Å²) in [5.41, 5.74) is 2.79. The molecule has 0 unspecified atom stereocenters. The number of hydrogen-bond donors (Lipinski definition) is 1. The molecule has 108 valence electrons. The van der Waals surface area contributed by atoms with Crippen molar-refractivity contribution in [2.45, 2.75) is 13.8 Å².